The normalized spacial score (nSPS) is 20.1. The molecule has 3 rings (SSSR count). The number of nitrogens with one attached hydrogen (secondary N) is 2. The number of rotatable bonds is 2. The number of anilines is 1. The monoisotopic (exact) mass is 309 g/mol. The van der Waals surface area contributed by atoms with E-state index in [1.807, 2.05) is 24.3 Å². The van der Waals surface area contributed by atoms with E-state index in [4.69, 9.17) is 0 Å². The highest BCUT2D eigenvalue weighted by molar-refractivity contribution is 7.94. The molecule has 1 atom stereocenters. The number of nitrogens with zero attached hydrogens (tertiary/aromatic N) is 1. The molecule has 2 aromatic rings. The topological polar surface area (TPSA) is 88.2 Å². The molecule has 0 saturated carbocycles. The van der Waals surface area contributed by atoms with Crippen LogP contribution in [0.25, 0.3) is 10.2 Å². The number of hydrogen-bond donors (Lipinski definition) is 2. The number of benzene rings is 1. The molecule has 1 aliphatic heterocycles. The number of amides is 2. The first kappa shape index (κ1) is 13.1. The fourth-order valence-electron chi connectivity index (χ4n) is 1.89. The average molecular weight is 309 g/mol. The van der Waals surface area contributed by atoms with E-state index >= 15 is 0 Å². The van der Waals surface area contributed by atoms with E-state index in [0.717, 1.165) is 15.6 Å². The second-order valence-corrected chi connectivity index (χ2v) is 7.31. The Kier molecular flexibility index (Phi) is 3.19. The van der Waals surface area contributed by atoms with Crippen molar-refractivity contribution < 1.29 is 13.2 Å². The zero-order valence-electron chi connectivity index (χ0n) is 10.2. The predicted molar refractivity (Wildman–Crippen MR) is 78.5 cm³/mol. The van der Waals surface area contributed by atoms with Gasteiger partial charge >= 0.3 is 6.03 Å². The Bertz CT molecular complexity index is 762. The van der Waals surface area contributed by atoms with Crippen LogP contribution in [0.4, 0.5) is 9.93 Å². The second-order valence-electron chi connectivity index (χ2n) is 4.35. The van der Waals surface area contributed by atoms with Crippen LogP contribution in [0.5, 0.6) is 0 Å². The van der Waals surface area contributed by atoms with Gasteiger partial charge in [-0.15, -0.1) is 0 Å². The second kappa shape index (κ2) is 4.88. The lowest BCUT2D eigenvalue weighted by atomic mass is 10.3. The lowest BCUT2D eigenvalue weighted by molar-refractivity contribution is 0.251. The number of fused-ring (bicyclic) bond motifs is 1. The molecule has 0 radical (unpaired) electrons. The third kappa shape index (κ3) is 2.81. The molecular formula is C12H11N3O3S2. The summed E-state index contributed by atoms with van der Waals surface area (Å²) in [5.74, 6) is -0.0970. The van der Waals surface area contributed by atoms with Crippen molar-refractivity contribution in [2.75, 3.05) is 11.1 Å². The lowest BCUT2D eigenvalue weighted by Crippen LogP contribution is -2.38. The number of thiazole rings is 1. The van der Waals surface area contributed by atoms with Crippen molar-refractivity contribution in [1.29, 1.82) is 0 Å². The van der Waals surface area contributed by atoms with Crippen LogP contribution in [0.2, 0.25) is 0 Å². The minimum Gasteiger partial charge on any atom is -0.331 e. The van der Waals surface area contributed by atoms with Crippen LogP contribution in [-0.2, 0) is 9.84 Å². The van der Waals surface area contributed by atoms with Crippen molar-refractivity contribution >= 4 is 42.6 Å². The average Bonchev–Trinajstić information content (AvgIpc) is 2.91. The van der Waals surface area contributed by atoms with E-state index in [2.05, 4.69) is 15.6 Å². The molecule has 6 nitrogen and oxygen atoms in total. The summed E-state index contributed by atoms with van der Waals surface area (Å²) in [6.07, 6.45) is 1.47. The lowest BCUT2D eigenvalue weighted by Gasteiger charge is -2.09. The number of hydrogen-bond acceptors (Lipinski definition) is 5. The highest BCUT2D eigenvalue weighted by atomic mass is 32.2. The summed E-state index contributed by atoms with van der Waals surface area (Å²) in [5.41, 5.74) is 0.816. The summed E-state index contributed by atoms with van der Waals surface area (Å²) >= 11 is 1.36. The summed E-state index contributed by atoms with van der Waals surface area (Å²) in [6.45, 7) is 0. The highest BCUT2D eigenvalue weighted by Gasteiger charge is 2.23. The highest BCUT2D eigenvalue weighted by Crippen LogP contribution is 2.25. The van der Waals surface area contributed by atoms with Crippen LogP contribution >= 0.6 is 11.3 Å². The minimum atomic E-state index is -3.17. The molecule has 20 heavy (non-hydrogen) atoms. The number of sulfone groups is 1. The molecule has 2 N–H and O–H groups in total. The molecule has 0 spiro atoms. The van der Waals surface area contributed by atoms with Gasteiger partial charge in [0.2, 0.25) is 0 Å². The third-order valence-electron chi connectivity index (χ3n) is 2.76. The van der Waals surface area contributed by atoms with Crippen LogP contribution in [-0.4, -0.2) is 31.2 Å². The van der Waals surface area contributed by atoms with Crippen molar-refractivity contribution in [2.45, 2.75) is 6.04 Å². The molecule has 1 aromatic carbocycles. The van der Waals surface area contributed by atoms with Crippen molar-refractivity contribution in [3.05, 3.63) is 35.7 Å². The molecule has 0 bridgehead atoms. The van der Waals surface area contributed by atoms with E-state index in [0.29, 0.717) is 5.13 Å². The van der Waals surface area contributed by atoms with Crippen molar-refractivity contribution in [1.82, 2.24) is 10.3 Å². The van der Waals surface area contributed by atoms with Gasteiger partial charge in [-0.05, 0) is 18.2 Å². The molecule has 104 valence electrons. The summed E-state index contributed by atoms with van der Waals surface area (Å²) in [5, 5.41) is 6.79. The molecule has 0 unspecified atom stereocenters. The molecule has 2 amide bonds. The Labute approximate surface area is 119 Å². The molecular weight excluding hydrogens is 298 g/mol. The van der Waals surface area contributed by atoms with Gasteiger partial charge in [0.25, 0.3) is 0 Å². The summed E-state index contributed by atoms with van der Waals surface area (Å²) in [6, 6.07) is 6.60. The van der Waals surface area contributed by atoms with Crippen LogP contribution in [0.3, 0.4) is 0 Å². The van der Waals surface area contributed by atoms with Gasteiger partial charge in [0.1, 0.15) is 0 Å². The molecule has 0 fully saturated rings. The SMILES string of the molecule is O=C(Nc1nc2ccccc2s1)N[C@@H]1C=CS(=O)(=O)C1. The zero-order valence-corrected chi connectivity index (χ0v) is 11.9. The van der Waals surface area contributed by atoms with Crippen molar-refractivity contribution in [3.8, 4) is 0 Å². The quantitative estimate of drug-likeness (QED) is 0.884. The maximum atomic E-state index is 11.8. The number of aromatic nitrogens is 1. The number of urea groups is 1. The maximum Gasteiger partial charge on any atom is 0.321 e. The maximum absolute atomic E-state index is 11.8. The summed E-state index contributed by atoms with van der Waals surface area (Å²) in [7, 11) is -3.17. The smallest absolute Gasteiger partial charge is 0.321 e. The van der Waals surface area contributed by atoms with Crippen LogP contribution < -0.4 is 10.6 Å². The van der Waals surface area contributed by atoms with E-state index in [-0.39, 0.29) is 5.75 Å². The fourth-order valence-corrected chi connectivity index (χ4v) is 3.99. The number of carbonyl (C=O) groups is 1. The van der Waals surface area contributed by atoms with Gasteiger partial charge in [0.15, 0.2) is 15.0 Å². The van der Waals surface area contributed by atoms with Gasteiger partial charge < -0.3 is 5.32 Å². The fraction of sp³-hybridized carbons (Fsp3) is 0.167. The first-order chi connectivity index (χ1) is 9.52. The van der Waals surface area contributed by atoms with Gasteiger partial charge in [-0.25, -0.2) is 18.2 Å². The van der Waals surface area contributed by atoms with E-state index in [1.54, 1.807) is 0 Å². The predicted octanol–water partition coefficient (Wildman–Crippen LogP) is 1.73. The van der Waals surface area contributed by atoms with Gasteiger partial charge in [-0.2, -0.15) is 0 Å². The van der Waals surface area contributed by atoms with Gasteiger partial charge in [-0.3, -0.25) is 5.32 Å². The molecule has 1 aliphatic rings. The molecule has 2 heterocycles. The van der Waals surface area contributed by atoms with E-state index < -0.39 is 21.9 Å². The van der Waals surface area contributed by atoms with Gasteiger partial charge in [-0.1, -0.05) is 23.5 Å². The first-order valence-electron chi connectivity index (χ1n) is 5.86. The molecule has 1 aromatic heterocycles. The van der Waals surface area contributed by atoms with Crippen molar-refractivity contribution in [2.24, 2.45) is 0 Å². The van der Waals surface area contributed by atoms with E-state index in [9.17, 15) is 13.2 Å². The first-order valence-corrected chi connectivity index (χ1v) is 8.39. The Balaban J connectivity index is 1.66. The zero-order chi connectivity index (χ0) is 14.2. The molecule has 0 aliphatic carbocycles. The summed E-state index contributed by atoms with van der Waals surface area (Å²) < 4.78 is 23.4. The Morgan fingerprint density at radius 3 is 2.85 bits per heavy atom. The standard InChI is InChI=1S/C12H11N3O3S2/c16-11(13-8-5-6-20(17,18)7-8)15-12-14-9-3-1-2-4-10(9)19-12/h1-6,8H,7H2,(H2,13,14,15,16)/t8-/m1/s1. The Hall–Kier alpha value is -1.93. The minimum absolute atomic E-state index is 0.0970. The third-order valence-corrected chi connectivity index (χ3v) is 5.11. The van der Waals surface area contributed by atoms with Crippen LogP contribution in [0.15, 0.2) is 35.7 Å². The Morgan fingerprint density at radius 2 is 2.15 bits per heavy atom. The number of para-hydroxylation sites is 1. The van der Waals surface area contributed by atoms with Gasteiger partial charge in [0, 0.05) is 5.41 Å². The largest absolute Gasteiger partial charge is 0.331 e. The molecule has 0 saturated heterocycles. The summed E-state index contributed by atoms with van der Waals surface area (Å²) in [4.78, 5) is 16.0. The molecule has 8 heteroatoms. The number of carbonyl (C=O) groups excluding carboxylic acids is 1. The van der Waals surface area contributed by atoms with Crippen LogP contribution in [0, 0.1) is 0 Å². The van der Waals surface area contributed by atoms with Crippen LogP contribution in [0.1, 0.15) is 0 Å². The van der Waals surface area contributed by atoms with E-state index in [1.165, 1.54) is 17.4 Å². The van der Waals surface area contributed by atoms with Crippen molar-refractivity contribution in [3.63, 3.8) is 0 Å². The van der Waals surface area contributed by atoms with Gasteiger partial charge in [0.05, 0.1) is 22.0 Å². The Morgan fingerprint density at radius 1 is 1.35 bits per heavy atom.